The third kappa shape index (κ3) is 2.97. The van der Waals surface area contributed by atoms with E-state index < -0.39 is 0 Å². The van der Waals surface area contributed by atoms with Crippen molar-refractivity contribution in [2.45, 2.75) is 13.3 Å². The Kier molecular flexibility index (Phi) is 4.20. The fourth-order valence-corrected chi connectivity index (χ4v) is 3.43. The van der Waals surface area contributed by atoms with Gasteiger partial charge in [0.05, 0.1) is 10.7 Å². The Bertz CT molecular complexity index is 913. The van der Waals surface area contributed by atoms with E-state index in [1.807, 2.05) is 12.1 Å². The molecule has 0 atom stereocenters. The summed E-state index contributed by atoms with van der Waals surface area (Å²) in [7, 11) is 0. The first-order valence-electron chi connectivity index (χ1n) is 8.34. The van der Waals surface area contributed by atoms with E-state index in [0.29, 0.717) is 47.5 Å². The lowest BCUT2D eigenvalue weighted by molar-refractivity contribution is -0.116. The Hall–Kier alpha value is -2.73. The minimum atomic E-state index is -0.271. The van der Waals surface area contributed by atoms with Crippen LogP contribution in [0.1, 0.15) is 22.8 Å². The Morgan fingerprint density at radius 1 is 1.12 bits per heavy atom. The third-order valence-electron chi connectivity index (χ3n) is 4.50. The molecule has 0 aromatic heterocycles. The van der Waals surface area contributed by atoms with Gasteiger partial charge in [0.1, 0.15) is 13.2 Å². The lowest BCUT2D eigenvalue weighted by Crippen LogP contribution is -2.25. The number of nitrogens with one attached hydrogen (secondary N) is 1. The normalized spacial score (nSPS) is 14.8. The van der Waals surface area contributed by atoms with Crippen molar-refractivity contribution >= 4 is 34.8 Å². The molecule has 2 aromatic carbocycles. The van der Waals surface area contributed by atoms with Gasteiger partial charge in [0.15, 0.2) is 11.5 Å². The summed E-state index contributed by atoms with van der Waals surface area (Å²) in [5.41, 5.74) is 2.83. The number of carbonyl (C=O) groups is 2. The summed E-state index contributed by atoms with van der Waals surface area (Å²) in [6.45, 7) is 3.12. The fraction of sp³-hybridized carbons (Fsp3) is 0.263. The molecule has 2 amide bonds. The van der Waals surface area contributed by atoms with E-state index >= 15 is 0 Å². The molecule has 0 saturated carbocycles. The maximum Gasteiger partial charge on any atom is 0.255 e. The molecule has 0 fully saturated rings. The Morgan fingerprint density at radius 3 is 2.58 bits per heavy atom. The number of benzene rings is 2. The molecule has 2 aliphatic rings. The van der Waals surface area contributed by atoms with Crippen LogP contribution in [0.15, 0.2) is 30.3 Å². The van der Waals surface area contributed by atoms with Gasteiger partial charge in [-0.2, -0.15) is 0 Å². The molecular weight excluding hydrogens is 356 g/mol. The number of nitrogens with zero attached hydrogens (tertiary/aromatic N) is 1. The number of hydrogen-bond donors (Lipinski definition) is 1. The van der Waals surface area contributed by atoms with E-state index in [-0.39, 0.29) is 11.8 Å². The quantitative estimate of drug-likeness (QED) is 0.878. The summed E-state index contributed by atoms with van der Waals surface area (Å²) in [5.74, 6) is 0.861. The van der Waals surface area contributed by atoms with Crippen molar-refractivity contribution in [2.24, 2.45) is 0 Å². The zero-order valence-corrected chi connectivity index (χ0v) is 14.9. The molecule has 0 spiro atoms. The highest BCUT2D eigenvalue weighted by Gasteiger charge is 2.23. The number of amides is 2. The minimum absolute atomic E-state index is 0.00371. The first-order chi connectivity index (χ1) is 12.5. The summed E-state index contributed by atoms with van der Waals surface area (Å²) in [4.78, 5) is 26.0. The number of hydrogen-bond acceptors (Lipinski definition) is 4. The van der Waals surface area contributed by atoms with E-state index in [9.17, 15) is 9.59 Å². The van der Waals surface area contributed by atoms with Crippen LogP contribution in [0.2, 0.25) is 5.02 Å². The van der Waals surface area contributed by atoms with E-state index in [2.05, 4.69) is 5.32 Å². The van der Waals surface area contributed by atoms with Crippen molar-refractivity contribution in [1.29, 1.82) is 0 Å². The van der Waals surface area contributed by atoms with Gasteiger partial charge in [-0.15, -0.1) is 0 Å². The molecule has 0 unspecified atom stereocenters. The maximum atomic E-state index is 12.6. The van der Waals surface area contributed by atoms with Gasteiger partial charge in [0.2, 0.25) is 5.91 Å². The molecule has 7 heteroatoms. The number of anilines is 2. The first-order valence-corrected chi connectivity index (χ1v) is 8.72. The number of halogens is 1. The molecule has 134 valence electrons. The van der Waals surface area contributed by atoms with Crippen molar-refractivity contribution in [2.75, 3.05) is 30.0 Å². The molecule has 0 aliphatic carbocycles. The van der Waals surface area contributed by atoms with Crippen LogP contribution in [0.3, 0.4) is 0 Å². The Labute approximate surface area is 155 Å². The predicted octanol–water partition coefficient (Wildman–Crippen LogP) is 3.27. The first kappa shape index (κ1) is 16.7. The lowest BCUT2D eigenvalue weighted by atomic mass is 10.1. The molecule has 4 rings (SSSR count). The van der Waals surface area contributed by atoms with Crippen LogP contribution >= 0.6 is 11.6 Å². The maximum absolute atomic E-state index is 12.6. The molecule has 1 N–H and O–H groups in total. The lowest BCUT2D eigenvalue weighted by Gasteiger charge is -2.20. The van der Waals surface area contributed by atoms with Crippen LogP contribution in [-0.2, 0) is 11.2 Å². The second kappa shape index (κ2) is 6.53. The highest BCUT2D eigenvalue weighted by Crippen LogP contribution is 2.38. The summed E-state index contributed by atoms with van der Waals surface area (Å²) in [6.07, 6.45) is 0.737. The zero-order valence-electron chi connectivity index (χ0n) is 14.2. The van der Waals surface area contributed by atoms with E-state index in [1.54, 1.807) is 30.0 Å². The van der Waals surface area contributed by atoms with Crippen molar-refractivity contribution in [3.8, 4) is 11.5 Å². The summed E-state index contributed by atoms with van der Waals surface area (Å²) in [5, 5.41) is 3.20. The van der Waals surface area contributed by atoms with Gasteiger partial charge in [-0.25, -0.2) is 0 Å². The molecule has 2 heterocycles. The van der Waals surface area contributed by atoms with Gasteiger partial charge in [0.25, 0.3) is 5.91 Å². The van der Waals surface area contributed by atoms with Gasteiger partial charge < -0.3 is 19.7 Å². The van der Waals surface area contributed by atoms with Crippen molar-refractivity contribution in [3.63, 3.8) is 0 Å². The molecule has 0 radical (unpaired) electrons. The van der Waals surface area contributed by atoms with Crippen LogP contribution in [0.4, 0.5) is 11.4 Å². The van der Waals surface area contributed by atoms with E-state index in [4.69, 9.17) is 21.1 Å². The smallest absolute Gasteiger partial charge is 0.255 e. The number of rotatable bonds is 2. The zero-order chi connectivity index (χ0) is 18.3. The molecule has 26 heavy (non-hydrogen) atoms. The van der Waals surface area contributed by atoms with Gasteiger partial charge in [-0.1, -0.05) is 11.6 Å². The van der Waals surface area contributed by atoms with Crippen molar-refractivity contribution in [1.82, 2.24) is 0 Å². The van der Waals surface area contributed by atoms with Gasteiger partial charge >= 0.3 is 0 Å². The number of fused-ring (bicyclic) bond motifs is 2. The van der Waals surface area contributed by atoms with E-state index in [1.165, 1.54) is 0 Å². The average Bonchev–Trinajstić information content (AvgIpc) is 3.05. The monoisotopic (exact) mass is 372 g/mol. The fourth-order valence-electron chi connectivity index (χ4n) is 3.22. The molecule has 2 aliphatic heterocycles. The average molecular weight is 373 g/mol. The Balaban J connectivity index is 1.57. The van der Waals surface area contributed by atoms with Crippen LogP contribution in [0, 0.1) is 0 Å². The van der Waals surface area contributed by atoms with Crippen LogP contribution < -0.4 is 19.7 Å². The van der Waals surface area contributed by atoms with Crippen molar-refractivity contribution in [3.05, 3.63) is 46.5 Å². The summed E-state index contributed by atoms with van der Waals surface area (Å²) in [6, 6.07) is 8.64. The summed E-state index contributed by atoms with van der Waals surface area (Å²) >= 11 is 6.25. The molecule has 6 nitrogen and oxygen atoms in total. The van der Waals surface area contributed by atoms with Gasteiger partial charge in [0, 0.05) is 36.9 Å². The highest BCUT2D eigenvalue weighted by molar-refractivity contribution is 6.34. The standard InChI is InChI=1S/C19H17ClN2O4/c1-11(23)22-5-4-12-8-13(2-3-16(12)22)19(24)21-15-10-18-17(9-14(15)20)25-6-7-26-18/h2-3,8-10H,4-7H2,1H3,(H,21,24). The predicted molar refractivity (Wildman–Crippen MR) is 98.6 cm³/mol. The van der Waals surface area contributed by atoms with Gasteiger partial charge in [-0.05, 0) is 30.2 Å². The molecule has 2 aromatic rings. The second-order valence-electron chi connectivity index (χ2n) is 6.19. The summed E-state index contributed by atoms with van der Waals surface area (Å²) < 4.78 is 11.0. The molecular formula is C19H17ClN2O4. The third-order valence-corrected chi connectivity index (χ3v) is 4.81. The highest BCUT2D eigenvalue weighted by atomic mass is 35.5. The van der Waals surface area contributed by atoms with Crippen molar-refractivity contribution < 1.29 is 19.1 Å². The Morgan fingerprint density at radius 2 is 1.85 bits per heavy atom. The van der Waals surface area contributed by atoms with Crippen LogP contribution in [-0.4, -0.2) is 31.6 Å². The molecule has 0 bridgehead atoms. The number of carbonyl (C=O) groups excluding carboxylic acids is 2. The largest absolute Gasteiger partial charge is 0.486 e. The van der Waals surface area contributed by atoms with Gasteiger partial charge in [-0.3, -0.25) is 9.59 Å². The number of ether oxygens (including phenoxy) is 2. The SMILES string of the molecule is CC(=O)N1CCc2cc(C(=O)Nc3cc4c(cc3Cl)OCCO4)ccc21. The topological polar surface area (TPSA) is 67.9 Å². The van der Waals surface area contributed by atoms with Crippen LogP contribution in [0.5, 0.6) is 11.5 Å². The van der Waals surface area contributed by atoms with E-state index in [0.717, 1.165) is 17.7 Å². The second-order valence-corrected chi connectivity index (χ2v) is 6.60. The minimum Gasteiger partial charge on any atom is -0.486 e. The molecule has 0 saturated heterocycles. The van der Waals surface area contributed by atoms with Crippen LogP contribution in [0.25, 0.3) is 0 Å².